The van der Waals surface area contributed by atoms with Gasteiger partial charge in [-0.3, -0.25) is 9.69 Å². The van der Waals surface area contributed by atoms with E-state index in [0.717, 1.165) is 32.2 Å². The van der Waals surface area contributed by atoms with Crippen molar-refractivity contribution in [2.24, 2.45) is 0 Å². The molecule has 0 saturated heterocycles. The van der Waals surface area contributed by atoms with Crippen molar-refractivity contribution >= 4 is 44.4 Å². The Labute approximate surface area is 190 Å². The van der Waals surface area contributed by atoms with Gasteiger partial charge in [0.2, 0.25) is 0 Å². The fourth-order valence-corrected chi connectivity index (χ4v) is 5.12. The number of benzene rings is 3. The molecule has 1 amide bonds. The quantitative estimate of drug-likeness (QED) is 0.283. The fourth-order valence-electron chi connectivity index (χ4n) is 3.33. The van der Waals surface area contributed by atoms with Gasteiger partial charge in [0.25, 0.3) is 5.91 Å². The molecule has 0 fully saturated rings. The van der Waals surface area contributed by atoms with Gasteiger partial charge in [-0.1, -0.05) is 60.7 Å². The molecule has 4 nitrogen and oxygen atoms in total. The largest absolute Gasteiger partial charge is 0.494 e. The third-order valence-corrected chi connectivity index (χ3v) is 6.73. The Morgan fingerprint density at radius 3 is 2.58 bits per heavy atom. The molecule has 3 aromatic carbocycles. The van der Waals surface area contributed by atoms with Gasteiger partial charge in [-0.25, -0.2) is 4.98 Å². The summed E-state index contributed by atoms with van der Waals surface area (Å²) in [4.78, 5) is 21.3. The molecule has 0 aliphatic heterocycles. The van der Waals surface area contributed by atoms with Crippen molar-refractivity contribution in [2.45, 2.75) is 25.3 Å². The van der Waals surface area contributed by atoms with Crippen molar-refractivity contribution < 1.29 is 9.53 Å². The van der Waals surface area contributed by atoms with Gasteiger partial charge in [0.1, 0.15) is 5.75 Å². The predicted octanol–water partition coefficient (Wildman–Crippen LogP) is 6.65. The molecule has 0 spiro atoms. The van der Waals surface area contributed by atoms with Crippen LogP contribution in [0.3, 0.4) is 0 Å². The van der Waals surface area contributed by atoms with Crippen LogP contribution in [-0.4, -0.2) is 23.3 Å². The highest BCUT2D eigenvalue weighted by Gasteiger charge is 2.24. The topological polar surface area (TPSA) is 42.4 Å². The second-order valence-electron chi connectivity index (χ2n) is 6.87. The van der Waals surface area contributed by atoms with Gasteiger partial charge in [-0.05, 0) is 48.6 Å². The van der Waals surface area contributed by atoms with Gasteiger partial charge >= 0.3 is 0 Å². The highest BCUT2D eigenvalue weighted by Crippen LogP contribution is 2.34. The lowest BCUT2D eigenvalue weighted by Gasteiger charge is -2.21. The molecule has 0 N–H and O–H groups in total. The lowest BCUT2D eigenvalue weighted by molar-refractivity contribution is 0.0982. The van der Waals surface area contributed by atoms with Crippen molar-refractivity contribution in [3.05, 3.63) is 83.9 Å². The number of ether oxygens (including phenoxy) is 1. The van der Waals surface area contributed by atoms with Crippen LogP contribution in [0.25, 0.3) is 10.2 Å². The van der Waals surface area contributed by atoms with E-state index in [1.165, 1.54) is 11.3 Å². The van der Waals surface area contributed by atoms with Crippen LogP contribution >= 0.6 is 23.1 Å². The number of hydrogen-bond donors (Lipinski definition) is 0. The Hall–Kier alpha value is -2.83. The maximum absolute atomic E-state index is 13.7. The molecular formula is C25H24N2O2S2. The average Bonchev–Trinajstić information content (AvgIpc) is 3.22. The van der Waals surface area contributed by atoms with Crippen LogP contribution in [0.1, 0.15) is 29.8 Å². The highest BCUT2D eigenvalue weighted by molar-refractivity contribution is 7.99. The molecule has 4 aromatic rings. The molecule has 1 aromatic heterocycles. The minimum atomic E-state index is -0.0375. The van der Waals surface area contributed by atoms with Gasteiger partial charge in [0.05, 0.1) is 28.9 Å². The first-order valence-electron chi connectivity index (χ1n) is 10.3. The lowest BCUT2D eigenvalue weighted by atomic mass is 10.1. The van der Waals surface area contributed by atoms with E-state index in [-0.39, 0.29) is 5.91 Å². The molecule has 4 rings (SSSR count). The summed E-state index contributed by atoms with van der Waals surface area (Å²) in [5.74, 6) is 1.69. The van der Waals surface area contributed by atoms with Crippen molar-refractivity contribution in [2.75, 3.05) is 17.3 Å². The number of thioether (sulfide) groups is 1. The molecule has 0 bridgehead atoms. The lowest BCUT2D eigenvalue weighted by Crippen LogP contribution is -2.30. The maximum atomic E-state index is 13.7. The zero-order valence-electron chi connectivity index (χ0n) is 17.6. The SMILES string of the molecule is CCOc1ccc2nc(N(Cc3ccccc3)C(=O)c3ccccc3SCC)sc2c1. The van der Waals surface area contributed by atoms with Crippen molar-refractivity contribution in [3.63, 3.8) is 0 Å². The first kappa shape index (κ1) is 21.4. The summed E-state index contributed by atoms with van der Waals surface area (Å²) in [6.07, 6.45) is 0. The summed E-state index contributed by atoms with van der Waals surface area (Å²) in [5, 5.41) is 0.689. The number of aromatic nitrogens is 1. The third-order valence-electron chi connectivity index (χ3n) is 4.74. The fraction of sp³-hybridized carbons (Fsp3) is 0.200. The Morgan fingerprint density at radius 1 is 1.03 bits per heavy atom. The summed E-state index contributed by atoms with van der Waals surface area (Å²) in [7, 11) is 0. The van der Waals surface area contributed by atoms with E-state index in [1.807, 2.05) is 79.7 Å². The van der Waals surface area contributed by atoms with Gasteiger partial charge in [0, 0.05) is 4.90 Å². The van der Waals surface area contributed by atoms with Crippen molar-refractivity contribution in [3.8, 4) is 5.75 Å². The molecule has 0 aliphatic rings. The van der Waals surface area contributed by atoms with Crippen LogP contribution in [0.4, 0.5) is 5.13 Å². The minimum Gasteiger partial charge on any atom is -0.494 e. The molecule has 1 heterocycles. The Kier molecular flexibility index (Phi) is 6.89. The van der Waals surface area contributed by atoms with Crippen LogP contribution in [0.2, 0.25) is 0 Å². The number of carbonyl (C=O) groups excluding carboxylic acids is 1. The van der Waals surface area contributed by atoms with Gasteiger partial charge in [0.15, 0.2) is 5.13 Å². The van der Waals surface area contributed by atoms with Crippen LogP contribution in [-0.2, 0) is 6.54 Å². The standard InChI is InChI=1S/C25H24N2O2S2/c1-3-29-19-14-15-21-23(16-19)31-25(26-21)27(17-18-10-6-5-7-11-18)24(28)20-12-8-9-13-22(20)30-4-2/h5-16H,3-4,17H2,1-2H3. The monoisotopic (exact) mass is 448 g/mol. The Bertz CT molecular complexity index is 1170. The van der Waals surface area contributed by atoms with E-state index in [1.54, 1.807) is 16.7 Å². The molecule has 31 heavy (non-hydrogen) atoms. The van der Waals surface area contributed by atoms with Crippen LogP contribution < -0.4 is 9.64 Å². The first-order valence-corrected chi connectivity index (χ1v) is 12.1. The molecule has 0 atom stereocenters. The molecule has 158 valence electrons. The van der Waals surface area contributed by atoms with E-state index in [2.05, 4.69) is 6.92 Å². The zero-order valence-corrected chi connectivity index (χ0v) is 19.2. The molecule has 6 heteroatoms. The normalized spacial score (nSPS) is 10.9. The Balaban J connectivity index is 1.76. The number of hydrogen-bond acceptors (Lipinski definition) is 5. The summed E-state index contributed by atoms with van der Waals surface area (Å²) in [6.45, 7) is 5.14. The number of rotatable bonds is 8. The van der Waals surface area contributed by atoms with E-state index in [0.29, 0.717) is 23.8 Å². The summed E-state index contributed by atoms with van der Waals surface area (Å²) in [6, 6.07) is 23.7. The smallest absolute Gasteiger partial charge is 0.261 e. The minimum absolute atomic E-state index is 0.0375. The van der Waals surface area contributed by atoms with E-state index < -0.39 is 0 Å². The van der Waals surface area contributed by atoms with Crippen molar-refractivity contribution in [1.82, 2.24) is 4.98 Å². The van der Waals surface area contributed by atoms with Gasteiger partial charge < -0.3 is 4.74 Å². The summed E-state index contributed by atoms with van der Waals surface area (Å²) >= 11 is 3.19. The van der Waals surface area contributed by atoms with E-state index >= 15 is 0 Å². The Morgan fingerprint density at radius 2 is 1.81 bits per heavy atom. The molecule has 0 saturated carbocycles. The second-order valence-corrected chi connectivity index (χ2v) is 9.18. The number of amides is 1. The second kappa shape index (κ2) is 9.98. The zero-order chi connectivity index (χ0) is 21.6. The maximum Gasteiger partial charge on any atom is 0.261 e. The number of nitrogens with zero attached hydrogens (tertiary/aromatic N) is 2. The van der Waals surface area contributed by atoms with Crippen molar-refractivity contribution in [1.29, 1.82) is 0 Å². The molecule has 0 aliphatic carbocycles. The predicted molar refractivity (Wildman–Crippen MR) is 131 cm³/mol. The van der Waals surface area contributed by atoms with Gasteiger partial charge in [-0.15, -0.1) is 11.8 Å². The number of anilines is 1. The first-order chi connectivity index (χ1) is 15.2. The molecule has 0 radical (unpaired) electrons. The molecule has 0 unspecified atom stereocenters. The number of fused-ring (bicyclic) bond motifs is 1. The van der Waals surface area contributed by atoms with Crippen LogP contribution in [0, 0.1) is 0 Å². The third kappa shape index (κ3) is 4.92. The molecular weight excluding hydrogens is 424 g/mol. The highest BCUT2D eigenvalue weighted by atomic mass is 32.2. The average molecular weight is 449 g/mol. The number of thiazole rings is 1. The van der Waals surface area contributed by atoms with E-state index in [9.17, 15) is 4.79 Å². The van der Waals surface area contributed by atoms with Crippen LogP contribution in [0.5, 0.6) is 5.75 Å². The summed E-state index contributed by atoms with van der Waals surface area (Å²) < 4.78 is 6.64. The van der Waals surface area contributed by atoms with Crippen LogP contribution in [0.15, 0.2) is 77.7 Å². The van der Waals surface area contributed by atoms with E-state index in [4.69, 9.17) is 9.72 Å². The summed E-state index contributed by atoms with van der Waals surface area (Å²) in [5.41, 5.74) is 2.64. The van der Waals surface area contributed by atoms with Gasteiger partial charge in [-0.2, -0.15) is 0 Å². The number of carbonyl (C=O) groups is 1.